The third kappa shape index (κ3) is 3.06. The number of nitro benzene ring substituents is 1. The molecule has 1 aromatic carbocycles. The molecule has 1 aromatic heterocycles. The number of rotatable bonds is 4. The highest BCUT2D eigenvalue weighted by molar-refractivity contribution is 6.32. The van der Waals surface area contributed by atoms with Crippen LogP contribution >= 0.6 is 11.6 Å². The van der Waals surface area contributed by atoms with E-state index in [1.807, 2.05) is 0 Å². The number of nitrogens with zero attached hydrogens (tertiary/aromatic N) is 3. The number of nitrogens with two attached hydrogens (primary N) is 1. The molecule has 0 radical (unpaired) electrons. The molecular formula is C10H8ClN5O3. The van der Waals surface area contributed by atoms with E-state index in [0.717, 1.165) is 0 Å². The van der Waals surface area contributed by atoms with Crippen molar-refractivity contribution in [3.05, 3.63) is 45.7 Å². The molecule has 0 unspecified atom stereocenters. The summed E-state index contributed by atoms with van der Waals surface area (Å²) < 4.78 is 5.36. The maximum atomic E-state index is 10.6. The molecule has 8 nitrogen and oxygen atoms in total. The average Bonchev–Trinajstić information content (AvgIpc) is 2.41. The molecule has 98 valence electrons. The summed E-state index contributed by atoms with van der Waals surface area (Å²) in [5, 5.41) is 10.7. The average molecular weight is 282 g/mol. The lowest BCUT2D eigenvalue weighted by Crippen LogP contribution is -2.09. The zero-order valence-electron chi connectivity index (χ0n) is 9.41. The Labute approximate surface area is 112 Å². The minimum Gasteiger partial charge on any atom is -0.436 e. The van der Waals surface area contributed by atoms with Crippen molar-refractivity contribution in [2.75, 3.05) is 5.43 Å². The number of hydrogen-bond donors (Lipinski definition) is 2. The SMILES string of the molecule is NNc1cncc(Oc2ccc([N+](=O)[O-])cc2Cl)n1. The Hall–Kier alpha value is -2.45. The molecule has 0 aliphatic rings. The summed E-state index contributed by atoms with van der Waals surface area (Å²) in [5.74, 6) is 5.89. The van der Waals surface area contributed by atoms with E-state index in [4.69, 9.17) is 22.2 Å². The topological polar surface area (TPSA) is 116 Å². The van der Waals surface area contributed by atoms with Gasteiger partial charge in [-0.1, -0.05) is 11.6 Å². The molecule has 19 heavy (non-hydrogen) atoms. The van der Waals surface area contributed by atoms with E-state index in [9.17, 15) is 10.1 Å². The second-order valence-electron chi connectivity index (χ2n) is 3.36. The van der Waals surface area contributed by atoms with Gasteiger partial charge >= 0.3 is 0 Å². The Morgan fingerprint density at radius 3 is 2.84 bits per heavy atom. The number of nitrogen functional groups attached to an aromatic ring is 1. The molecule has 2 rings (SSSR count). The maximum absolute atomic E-state index is 10.6. The van der Waals surface area contributed by atoms with Gasteiger partial charge in [0.05, 0.1) is 22.3 Å². The number of hydrogen-bond acceptors (Lipinski definition) is 7. The van der Waals surface area contributed by atoms with Crippen molar-refractivity contribution >= 4 is 23.1 Å². The number of non-ortho nitro benzene ring substituents is 1. The molecule has 0 saturated heterocycles. The second kappa shape index (κ2) is 5.46. The van der Waals surface area contributed by atoms with Crippen molar-refractivity contribution in [2.24, 2.45) is 5.84 Å². The summed E-state index contributed by atoms with van der Waals surface area (Å²) in [6.07, 6.45) is 2.77. The van der Waals surface area contributed by atoms with Gasteiger partial charge in [0.2, 0.25) is 5.88 Å². The van der Waals surface area contributed by atoms with Gasteiger partial charge in [0, 0.05) is 12.1 Å². The highest BCUT2D eigenvalue weighted by Gasteiger charge is 2.11. The van der Waals surface area contributed by atoms with Crippen molar-refractivity contribution in [2.45, 2.75) is 0 Å². The molecular weight excluding hydrogens is 274 g/mol. The molecule has 0 amide bonds. The first kappa shape index (κ1) is 13.0. The molecule has 0 saturated carbocycles. The fourth-order valence-electron chi connectivity index (χ4n) is 1.27. The van der Waals surface area contributed by atoms with Gasteiger partial charge in [0.15, 0.2) is 5.82 Å². The minimum atomic E-state index is -0.547. The Kier molecular flexibility index (Phi) is 3.74. The highest BCUT2D eigenvalue weighted by atomic mass is 35.5. The van der Waals surface area contributed by atoms with Crippen LogP contribution < -0.4 is 16.0 Å². The van der Waals surface area contributed by atoms with Crippen LogP contribution in [0.25, 0.3) is 0 Å². The third-order valence-electron chi connectivity index (χ3n) is 2.10. The minimum absolute atomic E-state index is 0.0992. The van der Waals surface area contributed by atoms with Gasteiger partial charge in [-0.15, -0.1) is 0 Å². The smallest absolute Gasteiger partial charge is 0.271 e. The summed E-state index contributed by atoms with van der Waals surface area (Å²) in [4.78, 5) is 17.8. The van der Waals surface area contributed by atoms with Crippen molar-refractivity contribution in [1.29, 1.82) is 0 Å². The maximum Gasteiger partial charge on any atom is 0.271 e. The molecule has 0 aliphatic carbocycles. The molecule has 2 aromatic rings. The van der Waals surface area contributed by atoms with Gasteiger partial charge in [0.25, 0.3) is 5.69 Å². The molecule has 9 heteroatoms. The lowest BCUT2D eigenvalue weighted by molar-refractivity contribution is -0.384. The Morgan fingerprint density at radius 2 is 2.21 bits per heavy atom. The zero-order chi connectivity index (χ0) is 13.8. The van der Waals surface area contributed by atoms with Gasteiger partial charge in [-0.2, -0.15) is 4.98 Å². The van der Waals surface area contributed by atoms with Crippen LogP contribution in [0.5, 0.6) is 11.6 Å². The van der Waals surface area contributed by atoms with Gasteiger partial charge in [-0.3, -0.25) is 15.1 Å². The summed E-state index contributed by atoms with van der Waals surface area (Å²) in [7, 11) is 0. The van der Waals surface area contributed by atoms with E-state index in [1.54, 1.807) is 0 Å². The van der Waals surface area contributed by atoms with Crippen molar-refractivity contribution in [3.8, 4) is 11.6 Å². The van der Waals surface area contributed by atoms with Crippen LogP contribution in [0.3, 0.4) is 0 Å². The van der Waals surface area contributed by atoms with E-state index in [1.165, 1.54) is 30.6 Å². The van der Waals surface area contributed by atoms with E-state index in [2.05, 4.69) is 15.4 Å². The molecule has 0 bridgehead atoms. The molecule has 1 heterocycles. The molecule has 0 aliphatic heterocycles. The number of anilines is 1. The van der Waals surface area contributed by atoms with E-state index >= 15 is 0 Å². The lowest BCUT2D eigenvalue weighted by Gasteiger charge is -2.07. The number of halogens is 1. The quantitative estimate of drug-likeness (QED) is 0.501. The monoisotopic (exact) mass is 281 g/mol. The molecule has 3 N–H and O–H groups in total. The van der Waals surface area contributed by atoms with Crippen molar-refractivity contribution in [1.82, 2.24) is 9.97 Å². The first-order chi connectivity index (χ1) is 9.10. The van der Waals surface area contributed by atoms with E-state index in [-0.39, 0.29) is 22.3 Å². The Bertz CT molecular complexity index is 622. The van der Waals surface area contributed by atoms with Crippen LogP contribution in [0.4, 0.5) is 11.5 Å². The molecule has 0 atom stereocenters. The molecule has 0 spiro atoms. The van der Waals surface area contributed by atoms with Gasteiger partial charge in [-0.25, -0.2) is 5.84 Å². The van der Waals surface area contributed by atoms with Crippen molar-refractivity contribution < 1.29 is 9.66 Å². The standard InChI is InChI=1S/C10H8ClN5O3/c11-7-3-6(16(17)18)1-2-8(7)19-10-5-13-4-9(14-10)15-12/h1-5H,12H2,(H,14,15). The van der Waals surface area contributed by atoms with Crippen molar-refractivity contribution in [3.63, 3.8) is 0 Å². The third-order valence-corrected chi connectivity index (χ3v) is 2.40. The van der Waals surface area contributed by atoms with E-state index in [0.29, 0.717) is 5.82 Å². The second-order valence-corrected chi connectivity index (χ2v) is 3.77. The first-order valence-electron chi connectivity index (χ1n) is 5.00. The van der Waals surface area contributed by atoms with Crippen LogP contribution in [0, 0.1) is 10.1 Å². The van der Waals surface area contributed by atoms with Gasteiger partial charge in [0.1, 0.15) is 5.75 Å². The summed E-state index contributed by atoms with van der Waals surface area (Å²) in [5.41, 5.74) is 2.19. The van der Waals surface area contributed by atoms with Crippen LogP contribution in [0.1, 0.15) is 0 Å². The first-order valence-corrected chi connectivity index (χ1v) is 5.38. The summed E-state index contributed by atoms with van der Waals surface area (Å²) in [6.45, 7) is 0. The number of nitrogens with one attached hydrogen (secondary N) is 1. The molecule has 0 fully saturated rings. The van der Waals surface area contributed by atoms with Crippen LogP contribution in [-0.2, 0) is 0 Å². The lowest BCUT2D eigenvalue weighted by atomic mass is 10.3. The van der Waals surface area contributed by atoms with Gasteiger partial charge in [-0.05, 0) is 6.07 Å². The number of ether oxygens (including phenoxy) is 1. The van der Waals surface area contributed by atoms with Gasteiger partial charge < -0.3 is 10.2 Å². The highest BCUT2D eigenvalue weighted by Crippen LogP contribution is 2.31. The predicted molar refractivity (Wildman–Crippen MR) is 68.0 cm³/mol. The normalized spacial score (nSPS) is 10.0. The predicted octanol–water partition coefficient (Wildman–Crippen LogP) is 2.12. The summed E-state index contributed by atoms with van der Waals surface area (Å²) >= 11 is 5.88. The zero-order valence-corrected chi connectivity index (χ0v) is 10.2. The Balaban J connectivity index is 2.25. The largest absolute Gasteiger partial charge is 0.436 e. The van der Waals surface area contributed by atoms with Crippen LogP contribution in [0.2, 0.25) is 5.02 Å². The van der Waals surface area contributed by atoms with Crippen LogP contribution in [0.15, 0.2) is 30.6 Å². The summed E-state index contributed by atoms with van der Waals surface area (Å²) in [6, 6.07) is 3.85. The van der Waals surface area contributed by atoms with E-state index < -0.39 is 4.92 Å². The number of hydrazine groups is 1. The van der Waals surface area contributed by atoms with Crippen LogP contribution in [-0.4, -0.2) is 14.9 Å². The number of benzene rings is 1. The Morgan fingerprint density at radius 1 is 1.42 bits per heavy atom. The fourth-order valence-corrected chi connectivity index (χ4v) is 1.48. The fraction of sp³-hybridized carbons (Fsp3) is 0. The number of nitro groups is 1. The number of aromatic nitrogens is 2.